The first-order chi connectivity index (χ1) is 12.6. The Kier molecular flexibility index (Phi) is 5.61. The summed E-state index contributed by atoms with van der Waals surface area (Å²) < 4.78 is 0. The minimum atomic E-state index is -1.11. The lowest BCUT2D eigenvalue weighted by molar-refractivity contribution is -0.125. The number of primary amides is 1. The third-order valence-corrected chi connectivity index (χ3v) is 4.51. The molecule has 3 N–H and O–H groups in total. The highest BCUT2D eigenvalue weighted by Gasteiger charge is 2.38. The number of amides is 1. The number of carbonyl (C=O) groups excluding carboxylic acids is 1. The number of aromatic nitrogens is 2. The van der Waals surface area contributed by atoms with Crippen LogP contribution in [0.25, 0.3) is 0 Å². The molecule has 0 aliphatic rings. The molecule has 0 aliphatic carbocycles. The van der Waals surface area contributed by atoms with Crippen molar-refractivity contribution in [2.45, 2.75) is 18.5 Å². The summed E-state index contributed by atoms with van der Waals surface area (Å²) in [6, 6.07) is 14.7. The van der Waals surface area contributed by atoms with Crippen molar-refractivity contribution in [3.63, 3.8) is 0 Å². The SMILES string of the molecule is NC(=O)C(Cc1cccnc1)(NCc1ccncc1)c1cccc(Cl)c1. The van der Waals surface area contributed by atoms with Gasteiger partial charge < -0.3 is 5.73 Å². The number of nitrogens with zero attached hydrogens (tertiary/aromatic N) is 2. The van der Waals surface area contributed by atoms with E-state index in [2.05, 4.69) is 15.3 Å². The van der Waals surface area contributed by atoms with E-state index in [-0.39, 0.29) is 0 Å². The Labute approximate surface area is 157 Å². The predicted molar refractivity (Wildman–Crippen MR) is 101 cm³/mol. The Morgan fingerprint density at radius 3 is 2.50 bits per heavy atom. The summed E-state index contributed by atoms with van der Waals surface area (Å²) in [5.74, 6) is -0.474. The maximum absolute atomic E-state index is 12.6. The van der Waals surface area contributed by atoms with E-state index in [9.17, 15) is 4.79 Å². The number of carbonyl (C=O) groups is 1. The summed E-state index contributed by atoms with van der Waals surface area (Å²) in [5, 5.41) is 3.90. The molecule has 0 fully saturated rings. The molecule has 132 valence electrons. The standard InChI is InChI=1S/C20H19ClN4O/c21-18-5-1-4-17(11-18)20(19(22)26,12-16-3-2-8-24-13-16)25-14-15-6-9-23-10-7-15/h1-11,13,25H,12,14H2,(H2,22,26). The molecule has 1 aromatic carbocycles. The first kappa shape index (κ1) is 18.0. The van der Waals surface area contributed by atoms with Crippen LogP contribution in [0.4, 0.5) is 0 Å². The average molecular weight is 367 g/mol. The number of halogens is 1. The van der Waals surface area contributed by atoms with Crippen LogP contribution >= 0.6 is 11.6 Å². The van der Waals surface area contributed by atoms with Crippen LogP contribution in [0.1, 0.15) is 16.7 Å². The topological polar surface area (TPSA) is 80.9 Å². The molecule has 2 heterocycles. The van der Waals surface area contributed by atoms with Crippen LogP contribution in [-0.4, -0.2) is 15.9 Å². The lowest BCUT2D eigenvalue weighted by atomic mass is 9.83. The summed E-state index contributed by atoms with van der Waals surface area (Å²) in [6.07, 6.45) is 7.21. The average Bonchev–Trinajstić information content (AvgIpc) is 2.66. The minimum Gasteiger partial charge on any atom is -0.368 e. The van der Waals surface area contributed by atoms with E-state index in [4.69, 9.17) is 17.3 Å². The van der Waals surface area contributed by atoms with Gasteiger partial charge in [0.2, 0.25) is 5.91 Å². The summed E-state index contributed by atoms with van der Waals surface area (Å²) in [6.45, 7) is 0.457. The van der Waals surface area contributed by atoms with Gasteiger partial charge in [-0.15, -0.1) is 0 Å². The van der Waals surface area contributed by atoms with Gasteiger partial charge in [0.15, 0.2) is 0 Å². The molecule has 6 heteroatoms. The fourth-order valence-corrected chi connectivity index (χ4v) is 3.09. The fourth-order valence-electron chi connectivity index (χ4n) is 2.90. The third-order valence-electron chi connectivity index (χ3n) is 4.27. The second-order valence-corrected chi connectivity index (χ2v) is 6.46. The van der Waals surface area contributed by atoms with Gasteiger partial charge in [-0.1, -0.05) is 29.8 Å². The highest BCUT2D eigenvalue weighted by molar-refractivity contribution is 6.30. The molecule has 0 spiro atoms. The van der Waals surface area contributed by atoms with Gasteiger partial charge in [0.05, 0.1) is 0 Å². The number of pyridine rings is 2. The molecule has 1 amide bonds. The van der Waals surface area contributed by atoms with Crippen LogP contribution in [-0.2, 0) is 23.3 Å². The molecule has 1 atom stereocenters. The largest absolute Gasteiger partial charge is 0.368 e. The number of benzene rings is 1. The second kappa shape index (κ2) is 8.08. The molecule has 1 unspecified atom stereocenters. The van der Waals surface area contributed by atoms with Gasteiger partial charge in [-0.3, -0.25) is 20.1 Å². The van der Waals surface area contributed by atoms with Gasteiger partial charge in [-0.2, -0.15) is 0 Å². The van der Waals surface area contributed by atoms with Crippen LogP contribution in [0.3, 0.4) is 0 Å². The van der Waals surface area contributed by atoms with Crippen molar-refractivity contribution in [3.05, 3.63) is 95.0 Å². The molecule has 0 radical (unpaired) electrons. The monoisotopic (exact) mass is 366 g/mol. The van der Waals surface area contributed by atoms with E-state index in [0.29, 0.717) is 18.0 Å². The van der Waals surface area contributed by atoms with E-state index >= 15 is 0 Å². The Morgan fingerprint density at radius 1 is 1.04 bits per heavy atom. The summed E-state index contributed by atoms with van der Waals surface area (Å²) in [5.41, 5.74) is 7.39. The molecule has 26 heavy (non-hydrogen) atoms. The first-order valence-electron chi connectivity index (χ1n) is 8.19. The number of hydrogen-bond donors (Lipinski definition) is 2. The Morgan fingerprint density at radius 2 is 1.85 bits per heavy atom. The van der Waals surface area contributed by atoms with E-state index in [1.165, 1.54) is 0 Å². The van der Waals surface area contributed by atoms with Crippen LogP contribution in [0, 0.1) is 0 Å². The smallest absolute Gasteiger partial charge is 0.242 e. The molecule has 0 aliphatic heterocycles. The van der Waals surface area contributed by atoms with Crippen LogP contribution in [0.2, 0.25) is 5.02 Å². The zero-order valence-electron chi connectivity index (χ0n) is 14.1. The summed E-state index contributed by atoms with van der Waals surface area (Å²) in [7, 11) is 0. The molecular formula is C20H19ClN4O. The lowest BCUT2D eigenvalue weighted by Crippen LogP contribution is -2.54. The van der Waals surface area contributed by atoms with Crippen molar-refractivity contribution < 1.29 is 4.79 Å². The maximum atomic E-state index is 12.6. The molecule has 0 bridgehead atoms. The number of nitrogens with one attached hydrogen (secondary N) is 1. The first-order valence-corrected chi connectivity index (χ1v) is 8.57. The Hall–Kier alpha value is -2.76. The highest BCUT2D eigenvalue weighted by Crippen LogP contribution is 2.28. The normalized spacial score (nSPS) is 13.1. The lowest BCUT2D eigenvalue weighted by Gasteiger charge is -2.33. The van der Waals surface area contributed by atoms with Crippen molar-refractivity contribution in [2.24, 2.45) is 5.73 Å². The highest BCUT2D eigenvalue weighted by atomic mass is 35.5. The molecule has 0 saturated heterocycles. The van der Waals surface area contributed by atoms with E-state index in [1.54, 1.807) is 36.9 Å². The number of nitrogens with two attached hydrogens (primary N) is 1. The van der Waals surface area contributed by atoms with Gasteiger partial charge in [-0.25, -0.2) is 0 Å². The second-order valence-electron chi connectivity index (χ2n) is 6.03. The van der Waals surface area contributed by atoms with E-state index in [0.717, 1.165) is 16.7 Å². The van der Waals surface area contributed by atoms with E-state index in [1.807, 2.05) is 36.4 Å². The summed E-state index contributed by atoms with van der Waals surface area (Å²) in [4.78, 5) is 20.8. The zero-order chi connectivity index (χ0) is 18.4. The predicted octanol–water partition coefficient (Wildman–Crippen LogP) is 2.84. The molecule has 5 nitrogen and oxygen atoms in total. The van der Waals surface area contributed by atoms with Crippen LogP contribution < -0.4 is 11.1 Å². The maximum Gasteiger partial charge on any atom is 0.242 e. The fraction of sp³-hybridized carbons (Fsp3) is 0.150. The van der Waals surface area contributed by atoms with Gasteiger partial charge >= 0.3 is 0 Å². The zero-order valence-corrected chi connectivity index (χ0v) is 14.9. The quantitative estimate of drug-likeness (QED) is 0.673. The molecule has 3 rings (SSSR count). The van der Waals surface area contributed by atoms with Crippen molar-refractivity contribution in [3.8, 4) is 0 Å². The minimum absolute atomic E-state index is 0.363. The van der Waals surface area contributed by atoms with Crippen molar-refractivity contribution in [1.82, 2.24) is 15.3 Å². The van der Waals surface area contributed by atoms with Crippen molar-refractivity contribution in [2.75, 3.05) is 0 Å². The van der Waals surface area contributed by atoms with Crippen LogP contribution in [0.5, 0.6) is 0 Å². The van der Waals surface area contributed by atoms with Gasteiger partial charge in [-0.05, 0) is 47.0 Å². The van der Waals surface area contributed by atoms with Gasteiger partial charge in [0.25, 0.3) is 0 Å². The van der Waals surface area contributed by atoms with Crippen molar-refractivity contribution >= 4 is 17.5 Å². The number of hydrogen-bond acceptors (Lipinski definition) is 4. The Bertz CT molecular complexity index is 873. The van der Waals surface area contributed by atoms with E-state index < -0.39 is 11.4 Å². The molecule has 0 saturated carbocycles. The third kappa shape index (κ3) is 4.07. The molecule has 3 aromatic rings. The molecule has 2 aromatic heterocycles. The molecular weight excluding hydrogens is 348 g/mol. The van der Waals surface area contributed by atoms with Gasteiger partial charge in [0.1, 0.15) is 5.54 Å². The Balaban J connectivity index is 2.01. The van der Waals surface area contributed by atoms with Crippen LogP contribution in [0.15, 0.2) is 73.3 Å². The van der Waals surface area contributed by atoms with Crippen molar-refractivity contribution in [1.29, 1.82) is 0 Å². The van der Waals surface area contributed by atoms with Gasteiger partial charge in [0, 0.05) is 42.8 Å². The number of rotatable bonds is 7. The summed E-state index contributed by atoms with van der Waals surface area (Å²) >= 11 is 6.18.